The maximum atomic E-state index is 12.3. The van der Waals surface area contributed by atoms with E-state index >= 15 is 0 Å². The molecule has 0 aliphatic rings. The average Bonchev–Trinajstić information content (AvgIpc) is 3.14. The molecule has 1 amide bonds. The Hall–Kier alpha value is -2.67. The van der Waals surface area contributed by atoms with Crippen molar-refractivity contribution in [1.82, 2.24) is 15.0 Å². The Kier molecular flexibility index (Phi) is 6.59. The molecule has 0 spiro atoms. The lowest BCUT2D eigenvalue weighted by atomic mass is 10.2. The van der Waals surface area contributed by atoms with Crippen LogP contribution in [0.5, 0.6) is 5.75 Å². The largest absolute Gasteiger partial charge is 0.494 e. The van der Waals surface area contributed by atoms with Crippen LogP contribution in [0.15, 0.2) is 63.6 Å². The number of hydrogen-bond acceptors (Lipinski definition) is 5. The van der Waals surface area contributed by atoms with Crippen LogP contribution in [0, 0.1) is 0 Å². The molecule has 6 nitrogen and oxygen atoms in total. The number of carbonyl (C=O) groups is 1. The van der Waals surface area contributed by atoms with Gasteiger partial charge in [0.25, 0.3) is 0 Å². The van der Waals surface area contributed by atoms with Gasteiger partial charge in [-0.3, -0.25) is 4.79 Å². The molecule has 0 atom stereocenters. The number of amides is 1. The summed E-state index contributed by atoms with van der Waals surface area (Å²) < 4.78 is 11.8. The van der Waals surface area contributed by atoms with Gasteiger partial charge in [-0.05, 0) is 30.7 Å². The molecule has 3 rings (SSSR count). The van der Waals surface area contributed by atoms with Gasteiger partial charge in [0.1, 0.15) is 5.75 Å². The molecule has 0 fully saturated rings. The summed E-state index contributed by atoms with van der Waals surface area (Å²) in [6.07, 6.45) is 1.04. The molecule has 1 heterocycles. The maximum Gasteiger partial charge on any atom is 0.246 e. The third-order valence-corrected chi connectivity index (χ3v) is 4.39. The van der Waals surface area contributed by atoms with Gasteiger partial charge in [0.05, 0.1) is 13.2 Å². The van der Waals surface area contributed by atoms with Gasteiger partial charge < -0.3 is 14.2 Å². The number of benzene rings is 2. The first kappa shape index (κ1) is 19.1. The zero-order valence-electron chi connectivity index (χ0n) is 15.0. The van der Waals surface area contributed by atoms with Crippen LogP contribution in [0.1, 0.15) is 18.7 Å². The van der Waals surface area contributed by atoms with Crippen LogP contribution in [0.3, 0.4) is 0 Å². The Morgan fingerprint density at radius 1 is 1.19 bits per heavy atom. The summed E-state index contributed by atoms with van der Waals surface area (Å²) >= 11 is 3.42. The number of hydrogen-bond donors (Lipinski definition) is 0. The van der Waals surface area contributed by atoms with Crippen molar-refractivity contribution in [3.8, 4) is 17.1 Å². The maximum absolute atomic E-state index is 12.3. The summed E-state index contributed by atoms with van der Waals surface area (Å²) in [6, 6.07) is 17.2. The summed E-state index contributed by atoms with van der Waals surface area (Å²) in [6.45, 7) is 0.774. The molecule has 3 aromatic rings. The van der Waals surface area contributed by atoms with Crippen LogP contribution in [0.2, 0.25) is 0 Å². The molecular formula is C20H20BrN3O3. The lowest BCUT2D eigenvalue weighted by molar-refractivity contribution is -0.131. The van der Waals surface area contributed by atoms with Crippen molar-refractivity contribution in [3.05, 3.63) is 65.0 Å². The number of ether oxygens (including phenoxy) is 1. The highest BCUT2D eigenvalue weighted by Gasteiger charge is 2.14. The number of rotatable bonds is 8. The predicted octanol–water partition coefficient (Wildman–Crippen LogP) is 4.32. The molecule has 0 saturated carbocycles. The van der Waals surface area contributed by atoms with Crippen molar-refractivity contribution < 1.29 is 14.1 Å². The van der Waals surface area contributed by atoms with Gasteiger partial charge in [0, 0.05) is 23.5 Å². The Morgan fingerprint density at radius 2 is 2.00 bits per heavy atom. The molecule has 0 radical (unpaired) electrons. The van der Waals surface area contributed by atoms with Crippen LogP contribution in [0.4, 0.5) is 0 Å². The highest BCUT2D eigenvalue weighted by Crippen LogP contribution is 2.20. The molecular weight excluding hydrogens is 410 g/mol. The van der Waals surface area contributed by atoms with Crippen molar-refractivity contribution in [1.29, 1.82) is 0 Å². The van der Waals surface area contributed by atoms with Gasteiger partial charge >= 0.3 is 0 Å². The molecule has 0 aliphatic heterocycles. The van der Waals surface area contributed by atoms with E-state index in [9.17, 15) is 4.79 Å². The van der Waals surface area contributed by atoms with E-state index in [1.165, 1.54) is 0 Å². The summed E-state index contributed by atoms with van der Waals surface area (Å²) in [5, 5.41) is 3.98. The fourth-order valence-corrected chi connectivity index (χ4v) is 2.88. The number of aromatic nitrogens is 2. The molecule has 0 aliphatic carbocycles. The Bertz CT molecular complexity index is 883. The minimum absolute atomic E-state index is 0.00821. The number of nitrogens with zero attached hydrogens (tertiary/aromatic N) is 3. The van der Waals surface area contributed by atoms with E-state index in [0.717, 1.165) is 15.8 Å². The van der Waals surface area contributed by atoms with E-state index in [2.05, 4.69) is 26.1 Å². The Morgan fingerprint density at radius 3 is 2.78 bits per heavy atom. The van der Waals surface area contributed by atoms with Crippen LogP contribution in [-0.4, -0.2) is 34.6 Å². The van der Waals surface area contributed by atoms with Crippen molar-refractivity contribution >= 4 is 21.8 Å². The van der Waals surface area contributed by atoms with Gasteiger partial charge in [0.2, 0.25) is 17.6 Å². The second-order valence-electron chi connectivity index (χ2n) is 6.04. The molecule has 140 valence electrons. The molecule has 0 bridgehead atoms. The van der Waals surface area contributed by atoms with Crippen molar-refractivity contribution in [2.45, 2.75) is 19.4 Å². The van der Waals surface area contributed by atoms with E-state index in [1.807, 2.05) is 54.6 Å². The minimum atomic E-state index is 0.00821. The van der Waals surface area contributed by atoms with Crippen molar-refractivity contribution in [2.24, 2.45) is 0 Å². The molecule has 7 heteroatoms. The van der Waals surface area contributed by atoms with E-state index in [4.69, 9.17) is 9.26 Å². The summed E-state index contributed by atoms with van der Waals surface area (Å²) in [7, 11) is 1.73. The molecule has 2 aromatic carbocycles. The second kappa shape index (κ2) is 9.32. The fourth-order valence-electron chi connectivity index (χ4n) is 2.48. The first-order valence-electron chi connectivity index (χ1n) is 8.62. The normalized spacial score (nSPS) is 10.6. The van der Waals surface area contributed by atoms with E-state index in [0.29, 0.717) is 31.2 Å². The first-order chi connectivity index (χ1) is 13.1. The van der Waals surface area contributed by atoms with Gasteiger partial charge in [-0.1, -0.05) is 51.4 Å². The lowest BCUT2D eigenvalue weighted by Gasteiger charge is -2.14. The Labute approximate surface area is 166 Å². The van der Waals surface area contributed by atoms with Gasteiger partial charge in [-0.15, -0.1) is 0 Å². The van der Waals surface area contributed by atoms with Crippen molar-refractivity contribution in [2.75, 3.05) is 13.7 Å². The summed E-state index contributed by atoms with van der Waals surface area (Å²) in [4.78, 5) is 18.2. The van der Waals surface area contributed by atoms with Gasteiger partial charge in [-0.25, -0.2) is 0 Å². The highest BCUT2D eigenvalue weighted by molar-refractivity contribution is 9.10. The number of halogens is 1. The highest BCUT2D eigenvalue weighted by atomic mass is 79.9. The van der Waals surface area contributed by atoms with Crippen LogP contribution < -0.4 is 4.74 Å². The average molecular weight is 430 g/mol. The SMILES string of the molecule is CN(Cc1nc(-c2cccc(Br)c2)no1)C(=O)CCCOc1ccccc1. The van der Waals surface area contributed by atoms with Gasteiger partial charge in [0.15, 0.2) is 0 Å². The predicted molar refractivity (Wildman–Crippen MR) is 105 cm³/mol. The molecule has 1 aromatic heterocycles. The van der Waals surface area contributed by atoms with Crippen LogP contribution in [0.25, 0.3) is 11.4 Å². The topological polar surface area (TPSA) is 68.5 Å². The quantitative estimate of drug-likeness (QED) is 0.498. The molecule has 0 saturated heterocycles. The van der Waals surface area contributed by atoms with E-state index in [-0.39, 0.29) is 12.5 Å². The van der Waals surface area contributed by atoms with E-state index < -0.39 is 0 Å². The second-order valence-corrected chi connectivity index (χ2v) is 6.95. The van der Waals surface area contributed by atoms with Crippen molar-refractivity contribution in [3.63, 3.8) is 0 Å². The Balaban J connectivity index is 1.45. The molecule has 0 N–H and O–H groups in total. The third-order valence-electron chi connectivity index (χ3n) is 3.90. The zero-order chi connectivity index (χ0) is 19.1. The van der Waals surface area contributed by atoms with E-state index in [1.54, 1.807) is 11.9 Å². The molecule has 0 unspecified atom stereocenters. The zero-order valence-corrected chi connectivity index (χ0v) is 16.6. The van der Waals surface area contributed by atoms with Crippen LogP contribution in [-0.2, 0) is 11.3 Å². The standard InChI is InChI=1S/C20H20BrN3O3/c1-24(19(25)11-6-12-26-17-9-3-2-4-10-17)14-18-22-20(23-27-18)15-7-5-8-16(21)13-15/h2-5,7-10,13H,6,11-12,14H2,1H3. The minimum Gasteiger partial charge on any atom is -0.494 e. The first-order valence-corrected chi connectivity index (χ1v) is 9.41. The van der Waals surface area contributed by atoms with Gasteiger partial charge in [-0.2, -0.15) is 4.98 Å². The fraction of sp³-hybridized carbons (Fsp3) is 0.250. The monoisotopic (exact) mass is 429 g/mol. The number of para-hydroxylation sites is 1. The lowest BCUT2D eigenvalue weighted by Crippen LogP contribution is -2.26. The summed E-state index contributed by atoms with van der Waals surface area (Å²) in [5.74, 6) is 1.72. The summed E-state index contributed by atoms with van der Waals surface area (Å²) in [5.41, 5.74) is 0.853. The number of carbonyl (C=O) groups excluding carboxylic acids is 1. The molecule has 27 heavy (non-hydrogen) atoms. The smallest absolute Gasteiger partial charge is 0.246 e. The van der Waals surface area contributed by atoms with Crippen LogP contribution >= 0.6 is 15.9 Å². The third kappa shape index (κ3) is 5.65.